The van der Waals surface area contributed by atoms with Crippen LogP contribution in [0.2, 0.25) is 0 Å². The molecule has 0 fully saturated rings. The molecule has 4 N–H and O–H groups in total. The van der Waals surface area contributed by atoms with Crippen LogP contribution in [0.25, 0.3) is 10.9 Å². The molecule has 0 aliphatic carbocycles. The lowest BCUT2D eigenvalue weighted by Crippen LogP contribution is -2.18. The minimum Gasteiger partial charge on any atom is -0.492 e. The molecule has 5 heteroatoms. The maximum Gasteiger partial charge on any atom is 0.252 e. The molecule has 0 aliphatic rings. The molecule has 4 aromatic rings. The molecule has 0 spiro atoms. The third kappa shape index (κ3) is 5.14. The summed E-state index contributed by atoms with van der Waals surface area (Å²) in [5, 5.41) is 11.5. The van der Waals surface area contributed by atoms with Gasteiger partial charge in [0.15, 0.2) is 0 Å². The number of H-pyrrole nitrogens is 1. The van der Waals surface area contributed by atoms with Gasteiger partial charge in [-0.05, 0) is 48.7 Å². The van der Waals surface area contributed by atoms with Crippen molar-refractivity contribution in [3.63, 3.8) is 0 Å². The van der Waals surface area contributed by atoms with Gasteiger partial charge in [-0.1, -0.05) is 55.2 Å². The zero-order valence-corrected chi connectivity index (χ0v) is 19.2. The second kappa shape index (κ2) is 10.7. The zero-order chi connectivity index (χ0) is 23.9. The Morgan fingerprint density at radius 2 is 1.79 bits per heavy atom. The molecule has 0 radical (unpaired) electrons. The molecule has 172 valence electrons. The van der Waals surface area contributed by atoms with E-state index in [1.54, 1.807) is 6.07 Å². The predicted molar refractivity (Wildman–Crippen MR) is 135 cm³/mol. The van der Waals surface area contributed by atoms with Crippen molar-refractivity contribution in [1.82, 2.24) is 4.98 Å². The summed E-state index contributed by atoms with van der Waals surface area (Å²) in [6.45, 7) is 2.32. The van der Waals surface area contributed by atoms with Crippen LogP contribution in [0.4, 0.5) is 0 Å². The highest BCUT2D eigenvalue weighted by Crippen LogP contribution is 2.35. The quantitative estimate of drug-likeness (QED) is 0.336. The van der Waals surface area contributed by atoms with Crippen molar-refractivity contribution < 1.29 is 14.6 Å². The first-order chi connectivity index (χ1) is 16.6. The van der Waals surface area contributed by atoms with Gasteiger partial charge >= 0.3 is 0 Å². The van der Waals surface area contributed by atoms with Gasteiger partial charge in [0.2, 0.25) is 0 Å². The number of aromatic amines is 1. The third-order valence-electron chi connectivity index (χ3n) is 5.76. The Morgan fingerprint density at radius 3 is 2.53 bits per heavy atom. The first-order valence-corrected chi connectivity index (χ1v) is 11.4. The largest absolute Gasteiger partial charge is 0.492 e. The average molecular weight is 453 g/mol. The summed E-state index contributed by atoms with van der Waals surface area (Å²) in [4.78, 5) is 15.7. The fourth-order valence-corrected chi connectivity index (χ4v) is 4.08. The molecule has 1 atom stereocenters. The van der Waals surface area contributed by atoms with E-state index < -0.39 is 5.91 Å². The number of amides is 1. The monoisotopic (exact) mass is 452 g/mol. The standard InChI is InChI=1S/C29H28N2O3/c1-2-14-34-28-25(23(19-32)17-22-18-31-27-11-7-6-10-24(22)27)15-21(16-26(28)29(30)33)13-12-20-8-4-3-5-9-20/h3-11,15-16,18,23,31-32H,2,14,17,19H2,1H3,(H2,30,33)/t23-/m0/s1. The molecule has 0 aliphatic heterocycles. The third-order valence-corrected chi connectivity index (χ3v) is 5.76. The Labute approximate surface area is 199 Å². The van der Waals surface area contributed by atoms with Gasteiger partial charge in [0.25, 0.3) is 5.91 Å². The number of fused-ring (bicyclic) bond motifs is 1. The Kier molecular flexibility index (Phi) is 7.31. The number of ether oxygens (including phenoxy) is 1. The van der Waals surface area contributed by atoms with E-state index in [-0.39, 0.29) is 18.1 Å². The van der Waals surface area contributed by atoms with Gasteiger partial charge in [0.05, 0.1) is 18.8 Å². The maximum absolute atomic E-state index is 12.4. The molecular weight excluding hydrogens is 424 g/mol. The minimum absolute atomic E-state index is 0.115. The van der Waals surface area contributed by atoms with E-state index in [1.807, 2.05) is 67.7 Å². The topological polar surface area (TPSA) is 88.3 Å². The molecule has 1 heterocycles. The lowest BCUT2D eigenvalue weighted by molar-refractivity contribution is 0.0995. The van der Waals surface area contributed by atoms with Crippen molar-refractivity contribution in [3.8, 4) is 17.6 Å². The highest BCUT2D eigenvalue weighted by molar-refractivity contribution is 5.96. The van der Waals surface area contributed by atoms with Crippen LogP contribution in [-0.4, -0.2) is 29.2 Å². The number of nitrogens with two attached hydrogens (primary N) is 1. The molecule has 4 rings (SSSR count). The summed E-state index contributed by atoms with van der Waals surface area (Å²) in [5.74, 6) is 5.82. The molecule has 3 aromatic carbocycles. The number of aromatic nitrogens is 1. The molecule has 1 aromatic heterocycles. The van der Waals surface area contributed by atoms with Crippen LogP contribution in [0.1, 0.15) is 51.9 Å². The Balaban J connectivity index is 1.80. The van der Waals surface area contributed by atoms with Crippen LogP contribution >= 0.6 is 0 Å². The van der Waals surface area contributed by atoms with Crippen molar-refractivity contribution in [2.75, 3.05) is 13.2 Å². The van der Waals surface area contributed by atoms with E-state index in [2.05, 4.69) is 22.9 Å². The second-order valence-corrected chi connectivity index (χ2v) is 8.21. The number of aliphatic hydroxyl groups excluding tert-OH is 1. The van der Waals surface area contributed by atoms with Crippen molar-refractivity contribution >= 4 is 16.8 Å². The van der Waals surface area contributed by atoms with E-state index in [1.165, 1.54) is 0 Å². The van der Waals surface area contributed by atoms with Crippen molar-refractivity contribution in [3.05, 3.63) is 101 Å². The maximum atomic E-state index is 12.4. The number of benzene rings is 3. The molecular formula is C29H28N2O3. The second-order valence-electron chi connectivity index (χ2n) is 8.21. The summed E-state index contributed by atoms with van der Waals surface area (Å²) in [6, 6.07) is 21.3. The van der Waals surface area contributed by atoms with E-state index in [9.17, 15) is 9.90 Å². The first-order valence-electron chi connectivity index (χ1n) is 11.4. The molecule has 0 saturated heterocycles. The van der Waals surface area contributed by atoms with Crippen molar-refractivity contribution in [2.24, 2.45) is 5.73 Å². The number of carbonyl (C=O) groups excluding carboxylic acids is 1. The molecule has 1 amide bonds. The van der Waals surface area contributed by atoms with Gasteiger partial charge in [0, 0.05) is 39.7 Å². The van der Waals surface area contributed by atoms with Gasteiger partial charge < -0.3 is 20.6 Å². The van der Waals surface area contributed by atoms with Crippen LogP contribution in [-0.2, 0) is 6.42 Å². The highest BCUT2D eigenvalue weighted by atomic mass is 16.5. The van der Waals surface area contributed by atoms with Crippen molar-refractivity contribution in [2.45, 2.75) is 25.7 Å². The van der Waals surface area contributed by atoms with Crippen molar-refractivity contribution in [1.29, 1.82) is 0 Å². The van der Waals surface area contributed by atoms with E-state index >= 15 is 0 Å². The van der Waals surface area contributed by atoms with E-state index in [4.69, 9.17) is 10.5 Å². The normalized spacial score (nSPS) is 11.6. The number of para-hydroxylation sites is 1. The SMILES string of the molecule is CCCOc1c(C(N)=O)cc(C#Cc2ccccc2)cc1[C@H](CO)Cc1c[nH]c2ccccc12. The predicted octanol–water partition coefficient (Wildman–Crippen LogP) is 4.77. The highest BCUT2D eigenvalue weighted by Gasteiger charge is 2.23. The number of rotatable bonds is 8. The smallest absolute Gasteiger partial charge is 0.252 e. The summed E-state index contributed by atoms with van der Waals surface area (Å²) in [6.07, 6.45) is 3.31. The average Bonchev–Trinajstić information content (AvgIpc) is 3.28. The summed E-state index contributed by atoms with van der Waals surface area (Å²) >= 11 is 0. The lowest BCUT2D eigenvalue weighted by Gasteiger charge is -2.21. The first kappa shape index (κ1) is 23.2. The van der Waals surface area contributed by atoms with Crippen LogP contribution in [0.5, 0.6) is 5.75 Å². The van der Waals surface area contributed by atoms with Gasteiger partial charge in [-0.2, -0.15) is 0 Å². The van der Waals surface area contributed by atoms with Gasteiger partial charge in [-0.15, -0.1) is 0 Å². The Hall–Kier alpha value is -4.01. The van der Waals surface area contributed by atoms with Gasteiger partial charge in [-0.3, -0.25) is 4.79 Å². The number of carbonyl (C=O) groups is 1. The fraction of sp³-hybridized carbons (Fsp3) is 0.207. The van der Waals surface area contributed by atoms with E-state index in [0.29, 0.717) is 24.3 Å². The van der Waals surface area contributed by atoms with E-state index in [0.717, 1.165) is 34.0 Å². The van der Waals surface area contributed by atoms with Crippen LogP contribution in [0.3, 0.4) is 0 Å². The van der Waals surface area contributed by atoms with Crippen LogP contribution in [0.15, 0.2) is 72.9 Å². The molecule has 34 heavy (non-hydrogen) atoms. The number of nitrogens with one attached hydrogen (secondary N) is 1. The summed E-state index contributed by atoms with van der Waals surface area (Å²) < 4.78 is 6.02. The summed E-state index contributed by atoms with van der Waals surface area (Å²) in [7, 11) is 0. The number of hydrogen-bond donors (Lipinski definition) is 3. The number of hydrogen-bond acceptors (Lipinski definition) is 3. The summed E-state index contributed by atoms with van der Waals surface area (Å²) in [5.41, 5.74) is 10.4. The molecule has 0 unspecified atom stereocenters. The zero-order valence-electron chi connectivity index (χ0n) is 19.2. The van der Waals surface area contributed by atoms with Crippen LogP contribution in [0, 0.1) is 11.8 Å². The lowest BCUT2D eigenvalue weighted by atomic mass is 9.88. The fourth-order valence-electron chi connectivity index (χ4n) is 4.08. The van der Waals surface area contributed by atoms with Crippen LogP contribution < -0.4 is 10.5 Å². The van der Waals surface area contributed by atoms with Gasteiger partial charge in [-0.25, -0.2) is 0 Å². The minimum atomic E-state index is -0.584. The Morgan fingerprint density at radius 1 is 1.06 bits per heavy atom. The molecule has 0 bridgehead atoms. The Bertz CT molecular complexity index is 1350. The molecule has 5 nitrogen and oxygen atoms in total. The molecule has 0 saturated carbocycles. The number of aliphatic hydroxyl groups is 1. The van der Waals surface area contributed by atoms with Gasteiger partial charge in [0.1, 0.15) is 5.75 Å². The number of primary amides is 1.